The van der Waals surface area contributed by atoms with Gasteiger partial charge < -0.3 is 25.3 Å². The van der Waals surface area contributed by atoms with Gasteiger partial charge in [-0.3, -0.25) is 4.79 Å². The van der Waals surface area contributed by atoms with Gasteiger partial charge in [0.15, 0.2) is 0 Å². The number of thiazole rings is 1. The number of aromatic hydroxyl groups is 1. The number of aromatic nitrogens is 1. The van der Waals surface area contributed by atoms with Gasteiger partial charge in [-0.05, 0) is 67.9 Å². The maximum atomic E-state index is 14.1. The van der Waals surface area contributed by atoms with E-state index in [0.717, 1.165) is 16.3 Å². The second kappa shape index (κ2) is 15.8. The van der Waals surface area contributed by atoms with E-state index in [4.69, 9.17) is 0 Å². The zero-order valence-electron chi connectivity index (χ0n) is 28.9. The SMILES string of the molecule is Cc1nc(CN2CCN(C(C(=O)N[C@@H](Cc3ccccc3)[C@H](O)CN(CC(C)C)S(=O)(=O)c3cc(C)c(O)c(C)c3)C(C)C)C2=O)cs1. The number of hydrogen-bond donors (Lipinski definition) is 3. The average Bonchev–Trinajstić information content (AvgIpc) is 3.59. The minimum absolute atomic E-state index is 0.0246. The lowest BCUT2D eigenvalue weighted by molar-refractivity contribution is -0.128. The van der Waals surface area contributed by atoms with Crippen LogP contribution >= 0.6 is 11.3 Å². The highest BCUT2D eigenvalue weighted by Gasteiger charge is 2.40. The van der Waals surface area contributed by atoms with Gasteiger partial charge in [0.05, 0.1) is 34.3 Å². The van der Waals surface area contributed by atoms with Gasteiger partial charge in [0.25, 0.3) is 0 Å². The summed E-state index contributed by atoms with van der Waals surface area (Å²) < 4.78 is 29.2. The Kier molecular flexibility index (Phi) is 12.3. The first kappa shape index (κ1) is 37.3. The molecule has 3 atom stereocenters. The lowest BCUT2D eigenvalue weighted by Crippen LogP contribution is -2.57. The summed E-state index contributed by atoms with van der Waals surface area (Å²) in [7, 11) is -4.08. The van der Waals surface area contributed by atoms with Gasteiger partial charge in [0, 0.05) is 31.6 Å². The minimum atomic E-state index is -4.08. The van der Waals surface area contributed by atoms with E-state index in [1.807, 2.05) is 70.3 Å². The Morgan fingerprint density at radius 1 is 1.04 bits per heavy atom. The molecule has 3 amide bonds. The number of aliphatic hydroxyl groups is 1. The number of urea groups is 1. The number of sulfonamides is 1. The van der Waals surface area contributed by atoms with E-state index >= 15 is 0 Å². The Hall–Kier alpha value is -3.52. The van der Waals surface area contributed by atoms with Gasteiger partial charge in [-0.25, -0.2) is 18.2 Å². The zero-order chi connectivity index (χ0) is 35.3. The molecule has 0 saturated carbocycles. The standard InChI is InChI=1S/C35H49N5O6S2/c1-22(2)18-39(48(45,46)29-15-24(5)33(42)25(6)16-29)20-31(41)30(17-27-11-9-8-10-12-27)37-34(43)32(23(3)4)40-14-13-38(35(40)44)19-28-21-47-26(7)36-28/h8-12,15-16,21-23,30-32,41-42H,13-14,17-20H2,1-7H3,(H,37,43)/t30-,31+,32?/m0/s1. The summed E-state index contributed by atoms with van der Waals surface area (Å²) in [5, 5.41) is 27.9. The minimum Gasteiger partial charge on any atom is -0.507 e. The molecule has 48 heavy (non-hydrogen) atoms. The number of carbonyl (C=O) groups is 2. The van der Waals surface area contributed by atoms with Crippen LogP contribution in [0.1, 0.15) is 55.1 Å². The van der Waals surface area contributed by atoms with Crippen LogP contribution in [-0.4, -0.2) is 94.0 Å². The van der Waals surface area contributed by atoms with Crippen molar-refractivity contribution >= 4 is 33.3 Å². The van der Waals surface area contributed by atoms with E-state index in [1.165, 1.54) is 27.8 Å². The molecule has 1 unspecified atom stereocenters. The van der Waals surface area contributed by atoms with Gasteiger partial charge in [-0.2, -0.15) is 4.31 Å². The molecule has 1 fully saturated rings. The topological polar surface area (TPSA) is 143 Å². The van der Waals surface area contributed by atoms with E-state index < -0.39 is 34.1 Å². The van der Waals surface area contributed by atoms with Crippen molar-refractivity contribution in [2.75, 3.05) is 26.2 Å². The highest BCUT2D eigenvalue weighted by Crippen LogP contribution is 2.28. The summed E-state index contributed by atoms with van der Waals surface area (Å²) in [5.74, 6) is -0.667. The fourth-order valence-electron chi connectivity index (χ4n) is 6.13. The van der Waals surface area contributed by atoms with Crippen LogP contribution in [0.15, 0.2) is 52.7 Å². The number of nitrogens with zero attached hydrogens (tertiary/aromatic N) is 4. The van der Waals surface area contributed by atoms with Crippen LogP contribution in [0.5, 0.6) is 5.75 Å². The summed E-state index contributed by atoms with van der Waals surface area (Å²) in [6.45, 7) is 13.8. The number of rotatable bonds is 15. The quantitative estimate of drug-likeness (QED) is 0.213. The number of phenolic OH excluding ortho intramolecular Hbond substituents is 1. The van der Waals surface area contributed by atoms with Gasteiger partial charge >= 0.3 is 6.03 Å². The molecule has 262 valence electrons. The molecule has 0 aliphatic carbocycles. The molecule has 2 aromatic carbocycles. The zero-order valence-corrected chi connectivity index (χ0v) is 30.5. The Morgan fingerprint density at radius 2 is 1.69 bits per heavy atom. The highest BCUT2D eigenvalue weighted by atomic mass is 32.2. The number of amides is 3. The molecule has 11 nitrogen and oxygen atoms in total. The lowest BCUT2D eigenvalue weighted by atomic mass is 9.97. The van der Waals surface area contributed by atoms with Crippen molar-refractivity contribution in [3.8, 4) is 5.75 Å². The maximum absolute atomic E-state index is 14.1. The smallest absolute Gasteiger partial charge is 0.321 e. The molecular formula is C35H49N5O6S2. The molecule has 13 heteroatoms. The largest absolute Gasteiger partial charge is 0.507 e. The number of nitrogens with one attached hydrogen (secondary N) is 1. The van der Waals surface area contributed by atoms with Crippen LogP contribution in [0.25, 0.3) is 0 Å². The van der Waals surface area contributed by atoms with E-state index in [-0.39, 0.29) is 48.0 Å². The molecule has 3 N–H and O–H groups in total. The fraction of sp³-hybridized carbons (Fsp3) is 0.514. The normalized spacial score (nSPS) is 15.9. The van der Waals surface area contributed by atoms with Crippen LogP contribution in [-0.2, 0) is 27.8 Å². The molecule has 3 aromatic rings. The number of phenols is 1. The molecule has 1 saturated heterocycles. The van der Waals surface area contributed by atoms with Gasteiger partial charge in [-0.15, -0.1) is 11.3 Å². The molecule has 0 bridgehead atoms. The Labute approximate surface area is 288 Å². The predicted molar refractivity (Wildman–Crippen MR) is 187 cm³/mol. The predicted octanol–water partition coefficient (Wildman–Crippen LogP) is 4.47. The third-order valence-electron chi connectivity index (χ3n) is 8.53. The second-order valence-corrected chi connectivity index (χ2v) is 16.4. The van der Waals surface area contributed by atoms with Crippen molar-refractivity contribution in [1.82, 2.24) is 24.4 Å². The van der Waals surface area contributed by atoms with Gasteiger partial charge in [0.1, 0.15) is 11.8 Å². The molecule has 2 heterocycles. The Bertz CT molecular complexity index is 1650. The average molecular weight is 700 g/mol. The number of benzene rings is 2. The first-order valence-corrected chi connectivity index (χ1v) is 18.7. The molecule has 1 aliphatic rings. The van der Waals surface area contributed by atoms with Crippen LogP contribution in [0.2, 0.25) is 0 Å². The van der Waals surface area contributed by atoms with Crippen molar-refractivity contribution in [3.63, 3.8) is 0 Å². The maximum Gasteiger partial charge on any atom is 0.321 e. The number of hydrogen-bond acceptors (Lipinski definition) is 8. The number of aryl methyl sites for hydroxylation is 3. The Morgan fingerprint density at radius 3 is 2.25 bits per heavy atom. The second-order valence-electron chi connectivity index (χ2n) is 13.4. The van der Waals surface area contributed by atoms with E-state index in [0.29, 0.717) is 30.8 Å². The fourth-order valence-corrected chi connectivity index (χ4v) is 8.53. The van der Waals surface area contributed by atoms with Crippen LogP contribution in [0.4, 0.5) is 4.79 Å². The van der Waals surface area contributed by atoms with Crippen molar-refractivity contribution in [2.45, 2.75) is 84.5 Å². The number of carbonyl (C=O) groups excluding carboxylic acids is 2. The first-order valence-electron chi connectivity index (χ1n) is 16.4. The summed E-state index contributed by atoms with van der Waals surface area (Å²) in [6.07, 6.45) is -1.04. The summed E-state index contributed by atoms with van der Waals surface area (Å²) in [6, 6.07) is 10.3. The molecule has 1 aromatic heterocycles. The van der Waals surface area contributed by atoms with Crippen molar-refractivity contribution in [1.29, 1.82) is 0 Å². The first-order chi connectivity index (χ1) is 22.6. The summed E-state index contributed by atoms with van der Waals surface area (Å²) >= 11 is 1.52. The van der Waals surface area contributed by atoms with Crippen molar-refractivity contribution in [2.24, 2.45) is 11.8 Å². The third kappa shape index (κ3) is 8.93. The highest BCUT2D eigenvalue weighted by molar-refractivity contribution is 7.89. The van der Waals surface area contributed by atoms with Crippen LogP contribution in [0, 0.1) is 32.6 Å². The molecular weight excluding hydrogens is 651 g/mol. The van der Waals surface area contributed by atoms with Crippen molar-refractivity contribution < 1.29 is 28.2 Å². The van der Waals surface area contributed by atoms with Gasteiger partial charge in [-0.1, -0.05) is 58.0 Å². The van der Waals surface area contributed by atoms with E-state index in [2.05, 4.69) is 10.3 Å². The van der Waals surface area contributed by atoms with Crippen LogP contribution in [0.3, 0.4) is 0 Å². The summed E-state index contributed by atoms with van der Waals surface area (Å²) in [4.78, 5) is 35.4. The molecule has 1 aliphatic heterocycles. The molecule has 0 radical (unpaired) electrons. The Balaban J connectivity index is 1.59. The third-order valence-corrected chi connectivity index (χ3v) is 11.2. The van der Waals surface area contributed by atoms with Crippen LogP contribution < -0.4 is 5.32 Å². The molecule has 0 spiro atoms. The van der Waals surface area contributed by atoms with Gasteiger partial charge in [0.2, 0.25) is 15.9 Å². The van der Waals surface area contributed by atoms with E-state index in [9.17, 15) is 28.2 Å². The summed E-state index contributed by atoms with van der Waals surface area (Å²) in [5.41, 5.74) is 2.53. The van der Waals surface area contributed by atoms with Crippen molar-refractivity contribution in [3.05, 3.63) is 75.2 Å². The molecule has 4 rings (SSSR count). The lowest BCUT2D eigenvalue weighted by Gasteiger charge is -2.34. The number of aliphatic hydroxyl groups excluding tert-OH is 1. The monoisotopic (exact) mass is 699 g/mol. The van der Waals surface area contributed by atoms with E-state index in [1.54, 1.807) is 23.6 Å².